The van der Waals surface area contributed by atoms with E-state index in [4.69, 9.17) is 0 Å². The number of hydrogen-bond donors (Lipinski definition) is 1. The minimum absolute atomic E-state index is 0.0377. The minimum Gasteiger partial charge on any atom is -0.347 e. The molecule has 1 N–H and O–H groups in total. The Bertz CT molecular complexity index is 1470. The zero-order valence-corrected chi connectivity index (χ0v) is 23.7. The van der Waals surface area contributed by atoms with Crippen molar-refractivity contribution >= 4 is 28.2 Å². The molecule has 4 rings (SSSR count). The van der Waals surface area contributed by atoms with Crippen LogP contribution in [0.3, 0.4) is 0 Å². The van der Waals surface area contributed by atoms with Gasteiger partial charge in [0.25, 0.3) is 0 Å². The Morgan fingerprint density at radius 1 is 0.875 bits per heavy atom. The third-order valence-electron chi connectivity index (χ3n) is 7.38. The molecule has 1 aromatic heterocycles. The van der Waals surface area contributed by atoms with Crippen LogP contribution in [0.25, 0.3) is 21.9 Å². The number of rotatable bonds is 13. The lowest BCUT2D eigenvalue weighted by atomic mass is 9.87. The second kappa shape index (κ2) is 13.8. The van der Waals surface area contributed by atoms with Crippen LogP contribution in [0.2, 0.25) is 0 Å². The van der Waals surface area contributed by atoms with E-state index < -0.39 is 6.04 Å². The number of hydrogen-bond acceptors (Lipinski definition) is 4. The lowest BCUT2D eigenvalue weighted by Crippen LogP contribution is -2.39. The van der Waals surface area contributed by atoms with Crippen LogP contribution >= 0.6 is 0 Å². The maximum Gasteiger partial charge on any atom is 0.220 e. The molecule has 5 nitrogen and oxygen atoms in total. The standard InChI is InChI=1S/C35H38N2O3/c1-24-19-20-36-31(21-24)11-5-7-14-35(40)37-26(3)34(39)23-30(22-25(2)38)27-15-17-29(18-16-27)33-13-8-10-28-9-4-6-12-32(28)33/h4,6,8-10,12-13,15-21,26,30H,5,7,11,14,22-23H2,1-3H3,(H,37,40)/t26-,30-/m0/s1. The molecule has 40 heavy (non-hydrogen) atoms. The molecule has 5 heteroatoms. The summed E-state index contributed by atoms with van der Waals surface area (Å²) in [5, 5.41) is 5.22. The predicted octanol–water partition coefficient (Wildman–Crippen LogP) is 7.15. The predicted molar refractivity (Wildman–Crippen MR) is 161 cm³/mol. The van der Waals surface area contributed by atoms with Gasteiger partial charge in [-0.3, -0.25) is 14.6 Å². The van der Waals surface area contributed by atoms with Gasteiger partial charge in [0.15, 0.2) is 5.78 Å². The summed E-state index contributed by atoms with van der Waals surface area (Å²) in [5.41, 5.74) is 5.41. The summed E-state index contributed by atoms with van der Waals surface area (Å²) < 4.78 is 0. The second-order valence-corrected chi connectivity index (χ2v) is 10.7. The SMILES string of the molecule is CC(=O)C[C@@H](CC(=O)[C@H](C)NC(=O)CCCCc1cc(C)ccn1)c1ccc(-c2cccc3ccccc23)cc1. The van der Waals surface area contributed by atoms with Crippen molar-refractivity contribution in [3.05, 3.63) is 102 Å². The van der Waals surface area contributed by atoms with Crippen LogP contribution in [-0.4, -0.2) is 28.5 Å². The molecular weight excluding hydrogens is 496 g/mol. The zero-order valence-electron chi connectivity index (χ0n) is 23.7. The number of nitrogens with one attached hydrogen (secondary N) is 1. The minimum atomic E-state index is -0.602. The van der Waals surface area contributed by atoms with E-state index in [9.17, 15) is 14.4 Å². The number of aromatic nitrogens is 1. The number of nitrogens with zero attached hydrogens (tertiary/aromatic N) is 1. The van der Waals surface area contributed by atoms with Gasteiger partial charge in [0, 0.05) is 31.2 Å². The number of benzene rings is 3. The highest BCUT2D eigenvalue weighted by molar-refractivity contribution is 5.96. The van der Waals surface area contributed by atoms with Crippen LogP contribution in [0.5, 0.6) is 0 Å². The van der Waals surface area contributed by atoms with E-state index in [1.165, 1.54) is 16.3 Å². The summed E-state index contributed by atoms with van der Waals surface area (Å²) in [6.07, 6.45) is 5.09. The number of aryl methyl sites for hydroxylation is 2. The number of carbonyl (C=O) groups excluding carboxylic acids is 3. The Morgan fingerprint density at radius 2 is 1.62 bits per heavy atom. The van der Waals surface area contributed by atoms with Gasteiger partial charge < -0.3 is 10.1 Å². The van der Waals surface area contributed by atoms with Gasteiger partial charge in [0.05, 0.1) is 6.04 Å². The first-order valence-electron chi connectivity index (χ1n) is 14.1. The van der Waals surface area contributed by atoms with Crippen molar-refractivity contribution in [1.29, 1.82) is 0 Å². The second-order valence-electron chi connectivity index (χ2n) is 10.7. The monoisotopic (exact) mass is 534 g/mol. The Balaban J connectivity index is 1.33. The summed E-state index contributed by atoms with van der Waals surface area (Å²) in [4.78, 5) is 42.0. The smallest absolute Gasteiger partial charge is 0.220 e. The van der Waals surface area contributed by atoms with E-state index in [0.29, 0.717) is 6.42 Å². The van der Waals surface area contributed by atoms with Gasteiger partial charge in [0.1, 0.15) is 5.78 Å². The molecule has 0 aliphatic heterocycles. The van der Waals surface area contributed by atoms with Gasteiger partial charge in [-0.1, -0.05) is 66.7 Å². The highest BCUT2D eigenvalue weighted by Gasteiger charge is 2.23. The van der Waals surface area contributed by atoms with E-state index in [-0.39, 0.29) is 36.2 Å². The molecular formula is C35H38N2O3. The van der Waals surface area contributed by atoms with Crippen LogP contribution in [0.1, 0.15) is 68.7 Å². The molecule has 0 fully saturated rings. The summed E-state index contributed by atoms with van der Waals surface area (Å²) in [7, 11) is 0. The number of amides is 1. The molecule has 0 spiro atoms. The van der Waals surface area contributed by atoms with Crippen LogP contribution in [-0.2, 0) is 20.8 Å². The van der Waals surface area contributed by atoms with Crippen LogP contribution in [0, 0.1) is 6.92 Å². The molecule has 206 valence electrons. The van der Waals surface area contributed by atoms with Crippen LogP contribution < -0.4 is 5.32 Å². The van der Waals surface area contributed by atoms with Gasteiger partial charge in [0.2, 0.25) is 5.91 Å². The first-order chi connectivity index (χ1) is 19.3. The molecule has 0 saturated heterocycles. The fourth-order valence-corrected chi connectivity index (χ4v) is 5.21. The first kappa shape index (κ1) is 28.9. The van der Waals surface area contributed by atoms with Crippen LogP contribution in [0.4, 0.5) is 0 Å². The Kier molecular flexibility index (Phi) is 9.96. The van der Waals surface area contributed by atoms with Crippen molar-refractivity contribution in [2.75, 3.05) is 0 Å². The highest BCUT2D eigenvalue weighted by atomic mass is 16.2. The molecule has 0 aliphatic rings. The topological polar surface area (TPSA) is 76.1 Å². The Labute approximate surface area is 237 Å². The normalized spacial score (nSPS) is 12.6. The fourth-order valence-electron chi connectivity index (χ4n) is 5.21. The average molecular weight is 535 g/mol. The number of Topliss-reactive ketones (excluding diaryl/α,β-unsaturated/α-hetero) is 2. The van der Waals surface area contributed by atoms with E-state index in [1.54, 1.807) is 13.8 Å². The van der Waals surface area contributed by atoms with Gasteiger partial charge in [-0.25, -0.2) is 0 Å². The molecule has 2 atom stereocenters. The van der Waals surface area contributed by atoms with Crippen molar-refractivity contribution in [2.45, 2.75) is 71.3 Å². The molecule has 1 amide bonds. The quantitative estimate of drug-likeness (QED) is 0.185. The zero-order chi connectivity index (χ0) is 28.5. The summed E-state index contributed by atoms with van der Waals surface area (Å²) in [5.74, 6) is -0.384. The third-order valence-corrected chi connectivity index (χ3v) is 7.38. The maximum absolute atomic E-state index is 13.1. The molecule has 0 radical (unpaired) electrons. The van der Waals surface area contributed by atoms with E-state index in [1.807, 2.05) is 43.5 Å². The van der Waals surface area contributed by atoms with Crippen molar-refractivity contribution in [3.8, 4) is 11.1 Å². The van der Waals surface area contributed by atoms with Gasteiger partial charge in [-0.05, 0) is 91.1 Å². The number of unbranched alkanes of at least 4 members (excludes halogenated alkanes) is 1. The van der Waals surface area contributed by atoms with Crippen molar-refractivity contribution in [3.63, 3.8) is 0 Å². The lowest BCUT2D eigenvalue weighted by Gasteiger charge is -2.19. The lowest BCUT2D eigenvalue weighted by molar-refractivity contribution is -0.128. The van der Waals surface area contributed by atoms with Gasteiger partial charge in [-0.15, -0.1) is 0 Å². The summed E-state index contributed by atoms with van der Waals surface area (Å²) in [6.45, 7) is 5.32. The van der Waals surface area contributed by atoms with Gasteiger partial charge >= 0.3 is 0 Å². The molecule has 0 aliphatic carbocycles. The van der Waals surface area contributed by atoms with Crippen molar-refractivity contribution in [2.24, 2.45) is 0 Å². The van der Waals surface area contributed by atoms with Gasteiger partial charge in [-0.2, -0.15) is 0 Å². The Hall–Kier alpha value is -4.12. The fraction of sp³-hybridized carbons (Fsp3) is 0.314. The molecule has 4 aromatic rings. The largest absolute Gasteiger partial charge is 0.347 e. The summed E-state index contributed by atoms with van der Waals surface area (Å²) in [6, 6.07) is 26.2. The average Bonchev–Trinajstić information content (AvgIpc) is 2.94. The molecule has 1 heterocycles. The maximum atomic E-state index is 13.1. The molecule has 0 bridgehead atoms. The van der Waals surface area contributed by atoms with Crippen LogP contribution in [0.15, 0.2) is 85.1 Å². The van der Waals surface area contributed by atoms with Crippen molar-refractivity contribution < 1.29 is 14.4 Å². The molecule has 0 saturated carbocycles. The summed E-state index contributed by atoms with van der Waals surface area (Å²) >= 11 is 0. The first-order valence-corrected chi connectivity index (χ1v) is 14.1. The molecule has 0 unspecified atom stereocenters. The third kappa shape index (κ3) is 7.95. The number of ketones is 2. The number of fused-ring (bicyclic) bond motifs is 1. The van der Waals surface area contributed by atoms with Crippen molar-refractivity contribution in [1.82, 2.24) is 10.3 Å². The highest BCUT2D eigenvalue weighted by Crippen LogP contribution is 2.31. The molecule has 3 aromatic carbocycles. The van der Waals surface area contributed by atoms with E-state index in [2.05, 4.69) is 58.8 Å². The Morgan fingerprint density at radius 3 is 2.38 bits per heavy atom. The number of pyridine rings is 1. The number of carbonyl (C=O) groups is 3. The van der Waals surface area contributed by atoms with E-state index >= 15 is 0 Å². The van der Waals surface area contributed by atoms with E-state index in [0.717, 1.165) is 41.6 Å².